The van der Waals surface area contributed by atoms with Gasteiger partial charge in [0.1, 0.15) is 17.9 Å². The molecule has 5 heterocycles. The van der Waals surface area contributed by atoms with E-state index < -0.39 is 24.3 Å². The molecule has 4 N–H and O–H groups in total. The fourth-order valence-corrected chi connectivity index (χ4v) is 10.9. The number of amides is 4. The summed E-state index contributed by atoms with van der Waals surface area (Å²) in [7, 11) is 2.62. The van der Waals surface area contributed by atoms with Crippen molar-refractivity contribution in [2.45, 2.75) is 88.6 Å². The number of hydrogen-bond donors (Lipinski definition) is 4. The van der Waals surface area contributed by atoms with Gasteiger partial charge in [0.15, 0.2) is 0 Å². The minimum atomic E-state index is -0.682. The number of fused-ring (bicyclic) bond motifs is 3. The molecule has 10 rings (SSSR count). The third-order valence-electron chi connectivity index (χ3n) is 14.3. The molecule has 5 aliphatic rings. The molecule has 1 unspecified atom stereocenters. The Bertz CT molecular complexity index is 2600. The first-order chi connectivity index (χ1) is 31.0. The molecule has 2 aromatic heterocycles. The van der Waals surface area contributed by atoms with Crippen LogP contribution in [0.5, 0.6) is 0 Å². The molecule has 0 radical (unpaired) electrons. The van der Waals surface area contributed by atoms with E-state index in [0.717, 1.165) is 81.6 Å². The second-order valence-electron chi connectivity index (χ2n) is 18.5. The van der Waals surface area contributed by atoms with Crippen LogP contribution in [0.1, 0.15) is 76.0 Å². The second kappa shape index (κ2) is 16.9. The molecule has 64 heavy (non-hydrogen) atoms. The Morgan fingerprint density at radius 3 is 2.00 bits per heavy atom. The third kappa shape index (κ3) is 7.88. The van der Waals surface area contributed by atoms with Crippen LogP contribution in [-0.4, -0.2) is 100 Å². The molecule has 15 heteroatoms. The number of ether oxygens (including phenoxy) is 3. The topological polar surface area (TPSA) is 171 Å². The molecule has 8 atom stereocenters. The van der Waals surface area contributed by atoms with E-state index in [4.69, 9.17) is 30.8 Å². The summed E-state index contributed by atoms with van der Waals surface area (Å²) in [4.78, 5) is 68.4. The third-order valence-corrected chi connectivity index (χ3v) is 14.6. The molecule has 5 fully saturated rings. The van der Waals surface area contributed by atoms with Crippen LogP contribution >= 0.6 is 11.6 Å². The maximum atomic E-state index is 14.3. The maximum absolute atomic E-state index is 14.3. The van der Waals surface area contributed by atoms with Gasteiger partial charge in [-0.05, 0) is 108 Å². The highest BCUT2D eigenvalue weighted by molar-refractivity contribution is 6.33. The highest BCUT2D eigenvalue weighted by atomic mass is 35.5. The van der Waals surface area contributed by atoms with Crippen molar-refractivity contribution in [1.29, 1.82) is 0 Å². The van der Waals surface area contributed by atoms with Crippen molar-refractivity contribution in [2.24, 2.45) is 23.7 Å². The molecule has 334 valence electrons. The van der Waals surface area contributed by atoms with E-state index in [1.807, 2.05) is 35.9 Å². The zero-order valence-electron chi connectivity index (χ0n) is 36.4. The number of methoxy groups -OCH3 is 2. The molecule has 3 saturated heterocycles. The van der Waals surface area contributed by atoms with Crippen LogP contribution in [0.25, 0.3) is 44.4 Å². The van der Waals surface area contributed by atoms with Crippen molar-refractivity contribution in [2.75, 3.05) is 27.4 Å². The van der Waals surface area contributed by atoms with Gasteiger partial charge in [0.2, 0.25) is 11.8 Å². The van der Waals surface area contributed by atoms with E-state index in [0.29, 0.717) is 42.9 Å². The van der Waals surface area contributed by atoms with Gasteiger partial charge in [0.25, 0.3) is 0 Å². The summed E-state index contributed by atoms with van der Waals surface area (Å²) in [5.74, 6) is 1.32. The largest absolute Gasteiger partial charge is 0.453 e. The number of aromatic amines is 2. The Hall–Kier alpha value is -5.86. The van der Waals surface area contributed by atoms with Crippen molar-refractivity contribution in [3.63, 3.8) is 0 Å². The van der Waals surface area contributed by atoms with E-state index in [2.05, 4.69) is 81.3 Å². The van der Waals surface area contributed by atoms with Gasteiger partial charge >= 0.3 is 12.2 Å². The number of imidazole rings is 1. The summed E-state index contributed by atoms with van der Waals surface area (Å²) in [6.45, 7) is 4.96. The maximum Gasteiger partial charge on any atom is 0.407 e. The lowest BCUT2D eigenvalue weighted by Gasteiger charge is -2.35. The number of alkyl carbamates (subject to hydrolysis) is 2. The van der Waals surface area contributed by atoms with Crippen LogP contribution < -0.4 is 10.6 Å². The summed E-state index contributed by atoms with van der Waals surface area (Å²) in [6.07, 6.45) is 5.63. The Balaban J connectivity index is 0.833. The van der Waals surface area contributed by atoms with Gasteiger partial charge in [-0.25, -0.2) is 14.6 Å². The smallest absolute Gasteiger partial charge is 0.407 e. The lowest BCUT2D eigenvalue weighted by molar-refractivity contribution is -0.138. The van der Waals surface area contributed by atoms with E-state index in [-0.39, 0.29) is 47.8 Å². The van der Waals surface area contributed by atoms with Crippen LogP contribution in [0.2, 0.25) is 5.02 Å². The first kappa shape index (κ1) is 42.1. The number of aromatic nitrogens is 3. The molecule has 14 nitrogen and oxygen atoms in total. The Labute approximate surface area is 376 Å². The van der Waals surface area contributed by atoms with Gasteiger partial charge < -0.3 is 44.6 Å². The minimum Gasteiger partial charge on any atom is -0.453 e. The number of hydrogen-bond acceptors (Lipinski definition) is 8. The molecule has 0 bridgehead atoms. The van der Waals surface area contributed by atoms with Gasteiger partial charge in [-0.2, -0.15) is 0 Å². The minimum absolute atomic E-state index is 0.0292. The Morgan fingerprint density at radius 1 is 0.734 bits per heavy atom. The Morgan fingerprint density at radius 2 is 1.33 bits per heavy atom. The summed E-state index contributed by atoms with van der Waals surface area (Å²) in [5, 5.41) is 8.36. The van der Waals surface area contributed by atoms with E-state index in [1.54, 1.807) is 0 Å². The molecular weight excluding hydrogens is 834 g/mol. The van der Waals surface area contributed by atoms with Crippen LogP contribution in [-0.2, 0) is 23.8 Å². The van der Waals surface area contributed by atoms with Crippen molar-refractivity contribution in [3.05, 3.63) is 89.5 Å². The quantitative estimate of drug-likeness (QED) is 0.102. The van der Waals surface area contributed by atoms with E-state index in [9.17, 15) is 19.2 Å². The number of carbonyl (C=O) groups is 4. The molecule has 3 aliphatic heterocycles. The number of piperidine rings is 2. The fraction of sp³-hybridized carbons (Fsp3) is 0.449. The molecule has 5 aromatic rings. The van der Waals surface area contributed by atoms with Gasteiger partial charge in [-0.15, -0.1) is 0 Å². The first-order valence-electron chi connectivity index (χ1n) is 22.5. The van der Waals surface area contributed by atoms with Crippen LogP contribution in [0.3, 0.4) is 0 Å². The van der Waals surface area contributed by atoms with Crippen molar-refractivity contribution in [3.8, 4) is 33.6 Å². The summed E-state index contributed by atoms with van der Waals surface area (Å²) in [6, 6.07) is 21.7. The van der Waals surface area contributed by atoms with Crippen molar-refractivity contribution >= 4 is 46.4 Å². The van der Waals surface area contributed by atoms with Gasteiger partial charge in [0.05, 0.1) is 48.9 Å². The average molecular weight is 888 g/mol. The average Bonchev–Trinajstić information content (AvgIpc) is 3.96. The predicted octanol–water partition coefficient (Wildman–Crippen LogP) is 8.40. The number of nitrogens with zero attached hydrogens (tertiary/aromatic N) is 3. The van der Waals surface area contributed by atoms with E-state index >= 15 is 0 Å². The summed E-state index contributed by atoms with van der Waals surface area (Å²) in [5.41, 5.74) is 6.68. The highest BCUT2D eigenvalue weighted by Gasteiger charge is 2.57. The molecular formula is C49H54ClN7O7. The predicted molar refractivity (Wildman–Crippen MR) is 241 cm³/mol. The number of carbonyl (C=O) groups excluding carboxylic acids is 4. The SMILES string of the molecule is COC(=O)N[C@H](C(=O)N1[C@@H]2C[C@@H]2C[C@H]1c1ncc(-c2ccc(-c3ccc4cc(-c5[nH]c(C6C[C@H]7C[C@H]7N6C(=O)[C@@H](NC(=O)OC)C6CCOCC6)cc5Cl)ccc4c3)cc2)[nH]1)C(C)C. The standard InChI is InChI=1S/C49H54ClN7O7/c1-25(2)42(54-48(60)62-3)46(58)57-39-20-34(39)22-41(57)45-51-24-37(53-45)27-7-5-26(6-8-27)29-9-10-31-18-32(12-11-30(31)17-29)43-35(50)23-36(52-43)40-21-33-19-38(33)56(40)47(59)44(55-49(61)63-4)28-13-15-64-16-14-28/h5-12,17-18,23-25,28,33-34,38-42,44,52H,13-16,19-22H2,1-4H3,(H,51,53)(H,54,60)(H,55,61)/t33-,34-,38-,39-,40?,41+,42+,44+/m1/s1. The lowest BCUT2D eigenvalue weighted by Crippen LogP contribution is -2.53. The monoisotopic (exact) mass is 887 g/mol. The number of likely N-dealkylation sites (tertiary alicyclic amines) is 2. The van der Waals surface area contributed by atoms with Gasteiger partial charge in [0, 0.05) is 36.6 Å². The number of rotatable bonds is 11. The molecule has 2 aliphatic carbocycles. The van der Waals surface area contributed by atoms with Crippen LogP contribution in [0, 0.1) is 23.7 Å². The zero-order chi connectivity index (χ0) is 44.4. The normalized spacial score (nSPS) is 24.5. The number of halogens is 1. The summed E-state index contributed by atoms with van der Waals surface area (Å²) >= 11 is 6.96. The number of nitrogens with one attached hydrogen (secondary N) is 4. The lowest BCUT2D eigenvalue weighted by atomic mass is 9.90. The summed E-state index contributed by atoms with van der Waals surface area (Å²) < 4.78 is 15.3. The highest BCUT2D eigenvalue weighted by Crippen LogP contribution is 2.55. The molecule has 3 aromatic carbocycles. The number of H-pyrrole nitrogens is 2. The molecule has 2 saturated carbocycles. The Kier molecular flexibility index (Phi) is 11.1. The van der Waals surface area contributed by atoms with Crippen molar-refractivity contribution in [1.82, 2.24) is 35.4 Å². The van der Waals surface area contributed by atoms with Crippen molar-refractivity contribution < 1.29 is 33.4 Å². The van der Waals surface area contributed by atoms with Gasteiger partial charge in [-0.1, -0.05) is 74.0 Å². The van der Waals surface area contributed by atoms with Crippen LogP contribution in [0.15, 0.2) is 72.9 Å². The molecule has 4 amide bonds. The number of benzene rings is 3. The fourth-order valence-electron chi connectivity index (χ4n) is 10.6. The second-order valence-corrected chi connectivity index (χ2v) is 18.9. The van der Waals surface area contributed by atoms with Gasteiger partial charge in [-0.3, -0.25) is 9.59 Å². The zero-order valence-corrected chi connectivity index (χ0v) is 37.2. The van der Waals surface area contributed by atoms with E-state index in [1.165, 1.54) is 14.2 Å². The first-order valence-corrected chi connectivity index (χ1v) is 22.9. The molecule has 0 spiro atoms. The van der Waals surface area contributed by atoms with Crippen LogP contribution in [0.4, 0.5) is 9.59 Å².